The largest absolute Gasteiger partial charge is 0.417 e. The second-order valence-electron chi connectivity index (χ2n) is 3.33. The van der Waals surface area contributed by atoms with E-state index in [4.69, 9.17) is 0 Å². The molecule has 0 aliphatic carbocycles. The molecule has 2 rings (SSSR count). The van der Waals surface area contributed by atoms with Crippen molar-refractivity contribution >= 4 is 0 Å². The van der Waals surface area contributed by atoms with Crippen LogP contribution < -0.4 is 0 Å². The van der Waals surface area contributed by atoms with Gasteiger partial charge in [-0.25, -0.2) is 4.39 Å². The fraction of sp³-hybridized carbons (Fsp3) is 0.200. The van der Waals surface area contributed by atoms with Crippen molar-refractivity contribution in [2.75, 3.05) is 0 Å². The Morgan fingerprint density at radius 1 is 1.24 bits per heavy atom. The van der Waals surface area contributed by atoms with Crippen LogP contribution in [0.15, 0.2) is 22.7 Å². The first-order valence-corrected chi connectivity index (χ1v) is 4.55. The number of aryl methyl sites for hydroxylation is 1. The number of halogens is 4. The smallest absolute Gasteiger partial charge is 0.334 e. The number of alkyl halides is 3. The second kappa shape index (κ2) is 3.83. The van der Waals surface area contributed by atoms with Gasteiger partial charge in [-0.05, 0) is 25.1 Å². The van der Waals surface area contributed by atoms with E-state index in [1.54, 1.807) is 0 Å². The van der Waals surface area contributed by atoms with Gasteiger partial charge in [-0.2, -0.15) is 18.2 Å². The average molecular weight is 246 g/mol. The minimum Gasteiger partial charge on any atom is -0.334 e. The SMILES string of the molecule is Cc1noc(-c2cc(F)ccc2C(F)(F)F)n1. The lowest BCUT2D eigenvalue weighted by Gasteiger charge is -2.09. The van der Waals surface area contributed by atoms with E-state index < -0.39 is 23.1 Å². The standard InChI is InChI=1S/C10H6F4N2O/c1-5-15-9(17-16-5)7-4-6(11)2-3-8(7)10(12,13)14/h2-4H,1H3. The first kappa shape index (κ1) is 11.6. The molecule has 0 aliphatic heterocycles. The van der Waals surface area contributed by atoms with Gasteiger partial charge in [0.05, 0.1) is 11.1 Å². The number of hydrogen-bond acceptors (Lipinski definition) is 3. The quantitative estimate of drug-likeness (QED) is 0.725. The van der Waals surface area contributed by atoms with E-state index in [1.807, 2.05) is 0 Å². The first-order valence-electron chi connectivity index (χ1n) is 4.55. The van der Waals surface area contributed by atoms with Crippen LogP contribution >= 0.6 is 0 Å². The van der Waals surface area contributed by atoms with Crippen LogP contribution in [0.2, 0.25) is 0 Å². The van der Waals surface area contributed by atoms with Crippen LogP contribution in [0.25, 0.3) is 11.5 Å². The fourth-order valence-electron chi connectivity index (χ4n) is 1.35. The molecule has 0 radical (unpaired) electrons. The molecule has 90 valence electrons. The summed E-state index contributed by atoms with van der Waals surface area (Å²) in [6.07, 6.45) is -4.61. The van der Waals surface area contributed by atoms with Gasteiger partial charge < -0.3 is 4.52 Å². The summed E-state index contributed by atoms with van der Waals surface area (Å²) in [5.74, 6) is -0.976. The van der Waals surface area contributed by atoms with Crippen molar-refractivity contribution in [3.63, 3.8) is 0 Å². The lowest BCUT2D eigenvalue weighted by atomic mass is 10.1. The lowest BCUT2D eigenvalue weighted by molar-refractivity contribution is -0.137. The molecule has 0 amide bonds. The molecule has 1 heterocycles. The summed E-state index contributed by atoms with van der Waals surface area (Å²) >= 11 is 0. The predicted molar refractivity (Wildman–Crippen MR) is 49.4 cm³/mol. The van der Waals surface area contributed by atoms with Crippen LogP contribution in [-0.4, -0.2) is 10.1 Å². The molecule has 0 unspecified atom stereocenters. The van der Waals surface area contributed by atoms with Crippen molar-refractivity contribution in [3.05, 3.63) is 35.4 Å². The zero-order valence-electron chi connectivity index (χ0n) is 8.55. The summed E-state index contributed by atoms with van der Waals surface area (Å²) in [7, 11) is 0. The molecule has 7 heteroatoms. The summed E-state index contributed by atoms with van der Waals surface area (Å²) in [4.78, 5) is 3.65. The summed E-state index contributed by atoms with van der Waals surface area (Å²) in [6, 6.07) is 2.09. The molecule has 3 nitrogen and oxygen atoms in total. The van der Waals surface area contributed by atoms with Gasteiger partial charge >= 0.3 is 6.18 Å². The molecule has 0 saturated heterocycles. The Kier molecular flexibility index (Phi) is 2.60. The van der Waals surface area contributed by atoms with E-state index in [1.165, 1.54) is 6.92 Å². The Morgan fingerprint density at radius 2 is 1.94 bits per heavy atom. The van der Waals surface area contributed by atoms with Gasteiger partial charge in [0.25, 0.3) is 5.89 Å². The van der Waals surface area contributed by atoms with Crippen molar-refractivity contribution in [2.24, 2.45) is 0 Å². The van der Waals surface area contributed by atoms with E-state index in [9.17, 15) is 17.6 Å². The van der Waals surface area contributed by atoms with Gasteiger partial charge in [0.15, 0.2) is 5.82 Å². The summed E-state index contributed by atoms with van der Waals surface area (Å²) in [6.45, 7) is 1.46. The van der Waals surface area contributed by atoms with Crippen LogP contribution in [0.1, 0.15) is 11.4 Å². The van der Waals surface area contributed by atoms with Crippen LogP contribution in [-0.2, 0) is 6.18 Å². The first-order chi connectivity index (χ1) is 7.88. The van der Waals surface area contributed by atoms with Crippen LogP contribution in [0.4, 0.5) is 17.6 Å². The number of hydrogen-bond donors (Lipinski definition) is 0. The van der Waals surface area contributed by atoms with Gasteiger partial charge in [0.1, 0.15) is 5.82 Å². The molecule has 1 aromatic heterocycles. The summed E-state index contributed by atoms with van der Waals surface area (Å²) < 4.78 is 55.6. The van der Waals surface area contributed by atoms with Gasteiger partial charge in [-0.15, -0.1) is 0 Å². The molecule has 0 N–H and O–H groups in total. The number of benzene rings is 1. The Morgan fingerprint density at radius 3 is 2.47 bits per heavy atom. The number of nitrogens with zero attached hydrogens (tertiary/aromatic N) is 2. The maximum absolute atomic E-state index is 13.0. The Labute approximate surface area is 93.1 Å². The molecule has 0 bridgehead atoms. The zero-order chi connectivity index (χ0) is 12.6. The molecule has 0 aliphatic rings. The minimum absolute atomic E-state index is 0.178. The fourth-order valence-corrected chi connectivity index (χ4v) is 1.35. The van der Waals surface area contributed by atoms with Gasteiger partial charge in [0, 0.05) is 0 Å². The van der Waals surface area contributed by atoms with Crippen molar-refractivity contribution in [1.29, 1.82) is 0 Å². The highest BCUT2D eigenvalue weighted by molar-refractivity contribution is 5.59. The third kappa shape index (κ3) is 2.27. The maximum atomic E-state index is 13.0. The Bertz CT molecular complexity index is 547. The lowest BCUT2D eigenvalue weighted by Crippen LogP contribution is -2.07. The molecular formula is C10H6F4N2O. The molecule has 0 fully saturated rings. The van der Waals surface area contributed by atoms with Crippen molar-refractivity contribution in [2.45, 2.75) is 13.1 Å². The summed E-state index contributed by atoms with van der Waals surface area (Å²) in [5.41, 5.74) is -1.47. The minimum atomic E-state index is -4.61. The van der Waals surface area contributed by atoms with Crippen molar-refractivity contribution in [3.8, 4) is 11.5 Å². The second-order valence-corrected chi connectivity index (χ2v) is 3.33. The number of rotatable bonds is 1. The van der Waals surface area contributed by atoms with Crippen molar-refractivity contribution < 1.29 is 22.1 Å². The molecule has 0 saturated carbocycles. The summed E-state index contributed by atoms with van der Waals surface area (Å²) in [5, 5.41) is 3.37. The normalized spacial score (nSPS) is 11.8. The highest BCUT2D eigenvalue weighted by atomic mass is 19.4. The maximum Gasteiger partial charge on any atom is 0.417 e. The van der Waals surface area contributed by atoms with Crippen LogP contribution in [0.3, 0.4) is 0 Å². The highest BCUT2D eigenvalue weighted by Gasteiger charge is 2.35. The molecule has 17 heavy (non-hydrogen) atoms. The highest BCUT2D eigenvalue weighted by Crippen LogP contribution is 2.36. The monoisotopic (exact) mass is 246 g/mol. The van der Waals surface area contributed by atoms with Gasteiger partial charge in [-0.1, -0.05) is 5.16 Å². The molecule has 2 aromatic rings. The van der Waals surface area contributed by atoms with E-state index in [0.717, 1.165) is 12.1 Å². The van der Waals surface area contributed by atoms with E-state index >= 15 is 0 Å². The molecule has 0 spiro atoms. The van der Waals surface area contributed by atoms with Crippen LogP contribution in [0.5, 0.6) is 0 Å². The van der Waals surface area contributed by atoms with Gasteiger partial charge in [-0.3, -0.25) is 0 Å². The Hall–Kier alpha value is -1.92. The molecular weight excluding hydrogens is 240 g/mol. The van der Waals surface area contributed by atoms with Gasteiger partial charge in [0.2, 0.25) is 0 Å². The van der Waals surface area contributed by atoms with E-state index in [0.29, 0.717) is 6.07 Å². The molecule has 0 atom stereocenters. The van der Waals surface area contributed by atoms with E-state index in [2.05, 4.69) is 14.7 Å². The number of aromatic nitrogens is 2. The third-order valence-electron chi connectivity index (χ3n) is 2.04. The predicted octanol–water partition coefficient (Wildman–Crippen LogP) is 3.20. The topological polar surface area (TPSA) is 38.9 Å². The van der Waals surface area contributed by atoms with E-state index in [-0.39, 0.29) is 11.7 Å². The Balaban J connectivity index is 2.63. The van der Waals surface area contributed by atoms with Crippen LogP contribution in [0, 0.1) is 12.7 Å². The zero-order valence-corrected chi connectivity index (χ0v) is 8.55. The van der Waals surface area contributed by atoms with Crippen molar-refractivity contribution in [1.82, 2.24) is 10.1 Å². The average Bonchev–Trinajstić information content (AvgIpc) is 2.62. The molecule has 1 aromatic carbocycles. The third-order valence-corrected chi connectivity index (χ3v) is 2.04.